The Labute approximate surface area is 178 Å². The summed E-state index contributed by atoms with van der Waals surface area (Å²) in [7, 11) is -3.62. The van der Waals surface area contributed by atoms with Gasteiger partial charge in [0.2, 0.25) is 10.0 Å². The lowest BCUT2D eigenvalue weighted by molar-refractivity contribution is -0.125. The van der Waals surface area contributed by atoms with Gasteiger partial charge in [0, 0.05) is 19.1 Å². The molecule has 1 aromatic carbocycles. The van der Waals surface area contributed by atoms with Crippen LogP contribution in [0.1, 0.15) is 43.5 Å². The Bertz CT molecular complexity index is 849. The van der Waals surface area contributed by atoms with Gasteiger partial charge in [-0.2, -0.15) is 4.31 Å². The molecule has 1 N–H and O–H groups in total. The lowest BCUT2D eigenvalue weighted by Crippen LogP contribution is -2.45. The van der Waals surface area contributed by atoms with Crippen molar-refractivity contribution in [2.45, 2.75) is 44.0 Å². The minimum absolute atomic E-state index is 0.102. The third kappa shape index (κ3) is 5.39. The summed E-state index contributed by atoms with van der Waals surface area (Å²) < 4.78 is 36.9. The number of hydrogen-bond acceptors (Lipinski definition) is 6. The number of sulfonamides is 1. The van der Waals surface area contributed by atoms with Crippen LogP contribution < -0.4 is 5.32 Å². The Balaban J connectivity index is 1.52. The molecule has 1 aliphatic heterocycles. The van der Waals surface area contributed by atoms with E-state index in [2.05, 4.69) is 19.2 Å². The maximum Gasteiger partial charge on any atom is 0.338 e. The average Bonchev–Trinajstić information content (AvgIpc) is 2.76. The van der Waals surface area contributed by atoms with Gasteiger partial charge in [-0.05, 0) is 42.5 Å². The molecule has 1 amide bonds. The third-order valence-corrected chi connectivity index (χ3v) is 8.00. The van der Waals surface area contributed by atoms with Gasteiger partial charge in [-0.1, -0.05) is 26.7 Å². The summed E-state index contributed by atoms with van der Waals surface area (Å²) in [5, 5.41) is 2.96. The lowest BCUT2D eigenvalue weighted by atomic mass is 9.78. The van der Waals surface area contributed by atoms with Crippen LogP contribution in [0.2, 0.25) is 0 Å². The molecule has 3 rings (SSSR count). The Kier molecular flexibility index (Phi) is 7.49. The second-order valence-corrected chi connectivity index (χ2v) is 10.00. The Morgan fingerprint density at radius 2 is 1.80 bits per heavy atom. The number of nitrogens with one attached hydrogen (secondary N) is 1. The summed E-state index contributed by atoms with van der Waals surface area (Å²) in [4.78, 5) is 24.5. The molecule has 0 spiro atoms. The molecule has 1 aromatic rings. The Hall–Kier alpha value is -1.97. The van der Waals surface area contributed by atoms with Crippen LogP contribution in [0.3, 0.4) is 0 Å². The highest BCUT2D eigenvalue weighted by Crippen LogP contribution is 2.29. The van der Waals surface area contributed by atoms with Gasteiger partial charge in [-0.25, -0.2) is 13.2 Å². The van der Waals surface area contributed by atoms with E-state index in [0.717, 1.165) is 12.8 Å². The zero-order valence-electron chi connectivity index (χ0n) is 17.5. The van der Waals surface area contributed by atoms with Gasteiger partial charge in [0.05, 0.1) is 23.7 Å². The molecule has 166 valence electrons. The van der Waals surface area contributed by atoms with Gasteiger partial charge in [-0.3, -0.25) is 4.79 Å². The number of carbonyl (C=O) groups is 2. The minimum atomic E-state index is -3.62. The van der Waals surface area contributed by atoms with Crippen LogP contribution in [0, 0.1) is 11.8 Å². The summed E-state index contributed by atoms with van der Waals surface area (Å²) in [6, 6.07) is 5.67. The van der Waals surface area contributed by atoms with Crippen LogP contribution in [-0.4, -0.2) is 63.6 Å². The van der Waals surface area contributed by atoms with Crippen molar-refractivity contribution in [3.05, 3.63) is 29.8 Å². The van der Waals surface area contributed by atoms with E-state index in [1.54, 1.807) is 0 Å². The number of amides is 1. The van der Waals surface area contributed by atoms with Crippen molar-refractivity contribution in [2.75, 3.05) is 32.9 Å². The first kappa shape index (κ1) is 22.7. The molecular weight excluding hydrogens is 408 g/mol. The summed E-state index contributed by atoms with van der Waals surface area (Å²) in [6.07, 6.45) is 3.18. The highest BCUT2D eigenvalue weighted by atomic mass is 32.2. The number of rotatable bonds is 6. The number of nitrogens with zero attached hydrogens (tertiary/aromatic N) is 1. The first-order valence-corrected chi connectivity index (χ1v) is 11.9. The molecule has 1 heterocycles. The van der Waals surface area contributed by atoms with E-state index in [9.17, 15) is 18.0 Å². The first-order valence-electron chi connectivity index (χ1n) is 10.4. The molecule has 0 aromatic heterocycles. The van der Waals surface area contributed by atoms with Crippen molar-refractivity contribution in [3.8, 4) is 0 Å². The van der Waals surface area contributed by atoms with E-state index in [1.807, 2.05) is 0 Å². The highest BCUT2D eigenvalue weighted by molar-refractivity contribution is 7.89. The van der Waals surface area contributed by atoms with Gasteiger partial charge in [0.15, 0.2) is 6.61 Å². The quantitative estimate of drug-likeness (QED) is 0.680. The molecule has 0 radical (unpaired) electrons. The number of morpholine rings is 1. The molecule has 0 bridgehead atoms. The van der Waals surface area contributed by atoms with Gasteiger partial charge in [0.1, 0.15) is 0 Å². The number of benzene rings is 1. The van der Waals surface area contributed by atoms with Crippen molar-refractivity contribution >= 4 is 21.9 Å². The van der Waals surface area contributed by atoms with E-state index in [-0.39, 0.29) is 29.0 Å². The number of carbonyl (C=O) groups excluding carboxylic acids is 2. The second-order valence-electron chi connectivity index (χ2n) is 8.06. The molecule has 30 heavy (non-hydrogen) atoms. The largest absolute Gasteiger partial charge is 0.452 e. The fraction of sp³-hybridized carbons (Fsp3) is 0.619. The SMILES string of the molecule is C[C@@H]1[C@H](C)CCC[C@H]1NC(=O)COC(=O)c1ccc(S(=O)(=O)N2CCOCC2)cc1. The molecule has 2 aliphatic rings. The van der Waals surface area contributed by atoms with Gasteiger partial charge in [0.25, 0.3) is 5.91 Å². The summed E-state index contributed by atoms with van der Waals surface area (Å²) in [6.45, 7) is 5.30. The van der Waals surface area contributed by atoms with E-state index >= 15 is 0 Å². The molecule has 1 saturated heterocycles. The van der Waals surface area contributed by atoms with Crippen LogP contribution in [-0.2, 0) is 24.3 Å². The van der Waals surface area contributed by atoms with E-state index in [4.69, 9.17) is 9.47 Å². The number of ether oxygens (including phenoxy) is 2. The number of hydrogen-bond donors (Lipinski definition) is 1. The molecule has 9 heteroatoms. The van der Waals surface area contributed by atoms with Crippen molar-refractivity contribution in [2.24, 2.45) is 11.8 Å². The summed E-state index contributed by atoms with van der Waals surface area (Å²) >= 11 is 0. The molecule has 1 aliphatic carbocycles. The first-order chi connectivity index (χ1) is 14.3. The maximum absolute atomic E-state index is 12.6. The maximum atomic E-state index is 12.6. The van der Waals surface area contributed by atoms with Crippen LogP contribution in [0.4, 0.5) is 0 Å². The predicted molar refractivity (Wildman–Crippen MR) is 110 cm³/mol. The van der Waals surface area contributed by atoms with Gasteiger partial charge >= 0.3 is 5.97 Å². The topological polar surface area (TPSA) is 102 Å². The van der Waals surface area contributed by atoms with E-state index < -0.39 is 16.0 Å². The zero-order chi connectivity index (χ0) is 21.7. The normalized spacial score (nSPS) is 25.5. The summed E-state index contributed by atoms with van der Waals surface area (Å²) in [5.74, 6) is -0.0374. The average molecular weight is 439 g/mol. The van der Waals surface area contributed by atoms with Gasteiger partial charge < -0.3 is 14.8 Å². The summed E-state index contributed by atoms with van der Waals surface area (Å²) in [5.41, 5.74) is 0.198. The Morgan fingerprint density at radius 3 is 2.47 bits per heavy atom. The fourth-order valence-corrected chi connectivity index (χ4v) is 5.36. The zero-order valence-corrected chi connectivity index (χ0v) is 18.3. The van der Waals surface area contributed by atoms with E-state index in [1.165, 1.54) is 35.0 Å². The van der Waals surface area contributed by atoms with Crippen LogP contribution in [0.25, 0.3) is 0 Å². The molecule has 1 saturated carbocycles. The van der Waals surface area contributed by atoms with Gasteiger partial charge in [-0.15, -0.1) is 0 Å². The van der Waals surface area contributed by atoms with Crippen molar-refractivity contribution < 1.29 is 27.5 Å². The van der Waals surface area contributed by atoms with Crippen LogP contribution >= 0.6 is 0 Å². The van der Waals surface area contributed by atoms with Crippen molar-refractivity contribution in [1.82, 2.24) is 9.62 Å². The second kappa shape index (κ2) is 9.89. The van der Waals surface area contributed by atoms with E-state index in [0.29, 0.717) is 38.1 Å². The number of esters is 1. The highest BCUT2D eigenvalue weighted by Gasteiger charge is 2.29. The molecule has 3 atom stereocenters. The standard InChI is InChI=1S/C21H30N2O6S/c1-15-4-3-5-19(16(15)2)22-20(24)14-29-21(25)17-6-8-18(9-7-17)30(26,27)23-10-12-28-13-11-23/h6-9,15-16,19H,3-5,10-14H2,1-2H3,(H,22,24)/t15-,16-,19-/m1/s1. The molecule has 0 unspecified atom stereocenters. The lowest BCUT2D eigenvalue weighted by Gasteiger charge is -2.34. The van der Waals surface area contributed by atoms with Crippen LogP contribution in [0.5, 0.6) is 0 Å². The molecule has 2 fully saturated rings. The third-order valence-electron chi connectivity index (χ3n) is 6.09. The van der Waals surface area contributed by atoms with Crippen molar-refractivity contribution in [3.63, 3.8) is 0 Å². The monoisotopic (exact) mass is 438 g/mol. The predicted octanol–water partition coefficient (Wildman–Crippen LogP) is 1.81. The molecule has 8 nitrogen and oxygen atoms in total. The molecular formula is C21H30N2O6S. The van der Waals surface area contributed by atoms with Crippen molar-refractivity contribution in [1.29, 1.82) is 0 Å². The Morgan fingerprint density at radius 1 is 1.13 bits per heavy atom. The fourth-order valence-electron chi connectivity index (χ4n) is 3.95. The smallest absolute Gasteiger partial charge is 0.338 e. The van der Waals surface area contributed by atoms with Crippen LogP contribution in [0.15, 0.2) is 29.2 Å². The minimum Gasteiger partial charge on any atom is -0.452 e.